The normalized spacial score (nSPS) is 16.8. The van der Waals surface area contributed by atoms with Crippen LogP contribution in [0.3, 0.4) is 0 Å². The van der Waals surface area contributed by atoms with Crippen molar-refractivity contribution in [2.45, 2.75) is 32.1 Å². The second kappa shape index (κ2) is 6.35. The molecule has 2 heterocycles. The van der Waals surface area contributed by atoms with Gasteiger partial charge in [-0.05, 0) is 25.0 Å². The van der Waals surface area contributed by atoms with Gasteiger partial charge in [-0.3, -0.25) is 4.79 Å². The molecule has 0 bridgehead atoms. The quantitative estimate of drug-likeness (QED) is 0.618. The zero-order valence-electron chi connectivity index (χ0n) is 10.6. The van der Waals surface area contributed by atoms with Crippen LogP contribution < -0.4 is 11.3 Å². The summed E-state index contributed by atoms with van der Waals surface area (Å²) in [6.45, 7) is 1.71. The molecule has 98 valence electrons. The van der Waals surface area contributed by atoms with E-state index in [9.17, 15) is 4.79 Å². The van der Waals surface area contributed by atoms with Gasteiger partial charge in [0, 0.05) is 19.3 Å². The van der Waals surface area contributed by atoms with Crippen molar-refractivity contribution in [3.8, 4) is 0 Å². The van der Waals surface area contributed by atoms with Gasteiger partial charge in [-0.1, -0.05) is 19.3 Å². The Balaban J connectivity index is 2.03. The Morgan fingerprint density at radius 1 is 1.17 bits per heavy atom. The van der Waals surface area contributed by atoms with Crippen molar-refractivity contribution < 1.29 is 4.79 Å². The van der Waals surface area contributed by atoms with E-state index in [1.807, 2.05) is 4.90 Å². The van der Waals surface area contributed by atoms with Crippen molar-refractivity contribution in [2.24, 2.45) is 5.84 Å². The van der Waals surface area contributed by atoms with Crippen molar-refractivity contribution >= 4 is 11.7 Å². The molecule has 5 heteroatoms. The number of hydrogen-bond acceptors (Lipinski definition) is 4. The molecule has 1 aliphatic rings. The molecule has 0 aliphatic carbocycles. The number of pyridine rings is 1. The third-order valence-corrected chi connectivity index (χ3v) is 3.30. The zero-order valence-corrected chi connectivity index (χ0v) is 10.6. The molecule has 1 fully saturated rings. The van der Waals surface area contributed by atoms with Crippen LogP contribution in [-0.2, 0) is 0 Å². The SMILES string of the molecule is NNc1ccc(C(=O)N2CCCCCCC2)cn1. The predicted octanol–water partition coefficient (Wildman–Crippen LogP) is 1.77. The van der Waals surface area contributed by atoms with Gasteiger partial charge in [0.1, 0.15) is 5.82 Å². The molecule has 1 saturated heterocycles. The smallest absolute Gasteiger partial charge is 0.255 e. The largest absolute Gasteiger partial charge is 0.339 e. The van der Waals surface area contributed by atoms with E-state index in [2.05, 4.69) is 10.4 Å². The first kappa shape index (κ1) is 12.8. The first-order valence-electron chi connectivity index (χ1n) is 6.53. The molecular formula is C13H20N4O. The number of carbonyl (C=O) groups is 1. The maximum Gasteiger partial charge on any atom is 0.255 e. The highest BCUT2D eigenvalue weighted by atomic mass is 16.2. The molecular weight excluding hydrogens is 228 g/mol. The number of nitrogens with zero attached hydrogens (tertiary/aromatic N) is 2. The standard InChI is InChI=1S/C13H20N4O/c14-16-12-7-6-11(10-15-12)13(18)17-8-4-2-1-3-5-9-17/h6-7,10H,1-5,8-9,14H2,(H,15,16). The van der Waals surface area contributed by atoms with Gasteiger partial charge >= 0.3 is 0 Å². The molecule has 2 rings (SSSR count). The average molecular weight is 248 g/mol. The van der Waals surface area contributed by atoms with Gasteiger partial charge in [0.25, 0.3) is 5.91 Å². The van der Waals surface area contributed by atoms with Crippen LogP contribution in [0.15, 0.2) is 18.3 Å². The maximum atomic E-state index is 12.3. The number of hydrazine groups is 1. The second-order valence-corrected chi connectivity index (χ2v) is 4.64. The fourth-order valence-corrected chi connectivity index (χ4v) is 2.24. The summed E-state index contributed by atoms with van der Waals surface area (Å²) < 4.78 is 0. The number of amides is 1. The predicted molar refractivity (Wildman–Crippen MR) is 71.0 cm³/mol. The number of hydrogen-bond donors (Lipinski definition) is 2. The molecule has 3 N–H and O–H groups in total. The molecule has 1 aromatic heterocycles. The Morgan fingerprint density at radius 3 is 2.39 bits per heavy atom. The third-order valence-electron chi connectivity index (χ3n) is 3.30. The summed E-state index contributed by atoms with van der Waals surface area (Å²) in [6, 6.07) is 3.49. The molecule has 1 amide bonds. The Labute approximate surface area is 107 Å². The van der Waals surface area contributed by atoms with Crippen molar-refractivity contribution in [3.63, 3.8) is 0 Å². The second-order valence-electron chi connectivity index (χ2n) is 4.64. The fourth-order valence-electron chi connectivity index (χ4n) is 2.24. The fraction of sp³-hybridized carbons (Fsp3) is 0.538. The first-order valence-corrected chi connectivity index (χ1v) is 6.53. The highest BCUT2D eigenvalue weighted by Crippen LogP contribution is 2.14. The minimum absolute atomic E-state index is 0.0768. The zero-order chi connectivity index (χ0) is 12.8. The molecule has 1 aliphatic heterocycles. The Hall–Kier alpha value is -1.62. The topological polar surface area (TPSA) is 71.2 Å². The summed E-state index contributed by atoms with van der Waals surface area (Å²) in [6.07, 6.45) is 7.51. The van der Waals surface area contributed by atoms with E-state index >= 15 is 0 Å². The summed E-state index contributed by atoms with van der Waals surface area (Å²) in [7, 11) is 0. The molecule has 0 spiro atoms. The van der Waals surface area contributed by atoms with Crippen LogP contribution in [0.4, 0.5) is 5.82 Å². The summed E-state index contributed by atoms with van der Waals surface area (Å²) >= 11 is 0. The summed E-state index contributed by atoms with van der Waals surface area (Å²) in [5, 5.41) is 0. The van der Waals surface area contributed by atoms with Crippen LogP contribution in [0.25, 0.3) is 0 Å². The number of rotatable bonds is 2. The van der Waals surface area contributed by atoms with Gasteiger partial charge in [-0.15, -0.1) is 0 Å². The van der Waals surface area contributed by atoms with Crippen LogP contribution in [0, 0.1) is 0 Å². The van der Waals surface area contributed by atoms with E-state index in [1.54, 1.807) is 18.3 Å². The van der Waals surface area contributed by atoms with E-state index in [1.165, 1.54) is 19.3 Å². The van der Waals surface area contributed by atoms with Gasteiger partial charge in [-0.2, -0.15) is 0 Å². The molecule has 0 atom stereocenters. The van der Waals surface area contributed by atoms with Gasteiger partial charge in [0.2, 0.25) is 0 Å². The van der Waals surface area contributed by atoms with Gasteiger partial charge in [0.15, 0.2) is 0 Å². The van der Waals surface area contributed by atoms with Crippen LogP contribution in [0.1, 0.15) is 42.5 Å². The van der Waals surface area contributed by atoms with E-state index in [4.69, 9.17) is 5.84 Å². The summed E-state index contributed by atoms with van der Waals surface area (Å²) in [4.78, 5) is 18.3. The lowest BCUT2D eigenvalue weighted by Gasteiger charge is -2.24. The van der Waals surface area contributed by atoms with Gasteiger partial charge in [-0.25, -0.2) is 10.8 Å². The van der Waals surface area contributed by atoms with Crippen LogP contribution in [-0.4, -0.2) is 28.9 Å². The maximum absolute atomic E-state index is 12.3. The number of carbonyl (C=O) groups excluding carboxylic acids is 1. The first-order chi connectivity index (χ1) is 8.81. The average Bonchev–Trinajstić information content (AvgIpc) is 2.38. The lowest BCUT2D eigenvalue weighted by Crippen LogP contribution is -2.33. The molecule has 1 aromatic rings. The molecule has 0 unspecified atom stereocenters. The molecule has 18 heavy (non-hydrogen) atoms. The Bertz CT molecular complexity index is 382. The van der Waals surface area contributed by atoms with E-state index in [-0.39, 0.29) is 5.91 Å². The number of anilines is 1. The van der Waals surface area contributed by atoms with E-state index in [0.29, 0.717) is 11.4 Å². The molecule has 0 radical (unpaired) electrons. The Kier molecular flexibility index (Phi) is 4.52. The molecule has 0 aromatic carbocycles. The van der Waals surface area contributed by atoms with E-state index < -0.39 is 0 Å². The number of nitrogens with one attached hydrogen (secondary N) is 1. The number of nitrogens with two attached hydrogens (primary N) is 1. The highest BCUT2D eigenvalue weighted by Gasteiger charge is 2.16. The minimum atomic E-state index is 0.0768. The lowest BCUT2D eigenvalue weighted by molar-refractivity contribution is 0.0742. The monoisotopic (exact) mass is 248 g/mol. The Morgan fingerprint density at radius 2 is 1.83 bits per heavy atom. The third kappa shape index (κ3) is 3.20. The van der Waals surface area contributed by atoms with Crippen molar-refractivity contribution in [3.05, 3.63) is 23.9 Å². The minimum Gasteiger partial charge on any atom is -0.339 e. The lowest BCUT2D eigenvalue weighted by atomic mass is 10.1. The number of aromatic nitrogens is 1. The van der Waals surface area contributed by atoms with Crippen LogP contribution in [0.2, 0.25) is 0 Å². The van der Waals surface area contributed by atoms with Crippen molar-refractivity contribution in [1.29, 1.82) is 0 Å². The number of likely N-dealkylation sites (tertiary alicyclic amines) is 1. The van der Waals surface area contributed by atoms with Gasteiger partial charge < -0.3 is 10.3 Å². The molecule has 5 nitrogen and oxygen atoms in total. The highest BCUT2D eigenvalue weighted by molar-refractivity contribution is 5.94. The van der Waals surface area contributed by atoms with Crippen molar-refractivity contribution in [2.75, 3.05) is 18.5 Å². The van der Waals surface area contributed by atoms with Crippen molar-refractivity contribution in [1.82, 2.24) is 9.88 Å². The summed E-state index contributed by atoms with van der Waals surface area (Å²) in [5.74, 6) is 5.89. The van der Waals surface area contributed by atoms with Crippen LogP contribution in [0.5, 0.6) is 0 Å². The van der Waals surface area contributed by atoms with Gasteiger partial charge in [0.05, 0.1) is 5.56 Å². The van der Waals surface area contributed by atoms with Crippen LogP contribution >= 0.6 is 0 Å². The molecule has 0 saturated carbocycles. The summed E-state index contributed by atoms with van der Waals surface area (Å²) in [5.41, 5.74) is 3.09. The van der Waals surface area contributed by atoms with E-state index in [0.717, 1.165) is 25.9 Å². The number of nitrogen functional groups attached to an aromatic ring is 1.